The molecule has 82 valence electrons. The van der Waals surface area contributed by atoms with Crippen LogP contribution in [0.4, 0.5) is 8.78 Å². The van der Waals surface area contributed by atoms with Gasteiger partial charge in [0.25, 0.3) is 0 Å². The van der Waals surface area contributed by atoms with E-state index in [0.29, 0.717) is 0 Å². The maximum Gasteiger partial charge on any atom is 0.245 e. The Hall–Kier alpha value is -1.36. The van der Waals surface area contributed by atoms with Crippen LogP contribution in [-0.4, -0.2) is 28.3 Å². The van der Waals surface area contributed by atoms with Crippen LogP contribution in [0.15, 0.2) is 24.3 Å². The molecule has 0 aromatic heterocycles. The molecule has 0 unspecified atom stereocenters. The minimum Gasteiger partial charge on any atom is -0.508 e. The fraction of sp³-hybridized carbons (Fsp3) is 0.400. The van der Waals surface area contributed by atoms with Crippen LogP contribution in [0, 0.1) is 0 Å². The van der Waals surface area contributed by atoms with Crippen molar-refractivity contribution in [3.05, 3.63) is 24.3 Å². The predicted molar refractivity (Wildman–Crippen MR) is 48.1 cm³/mol. The highest BCUT2D eigenvalue weighted by Crippen LogP contribution is 2.39. The molecule has 15 heavy (non-hydrogen) atoms. The van der Waals surface area contributed by atoms with Crippen molar-refractivity contribution < 1.29 is 23.7 Å². The van der Waals surface area contributed by atoms with Crippen LogP contribution in [0.2, 0.25) is 0 Å². The molecule has 0 amide bonds. The third-order valence-electron chi connectivity index (χ3n) is 2.34. The van der Waals surface area contributed by atoms with Crippen LogP contribution in [0.1, 0.15) is 6.42 Å². The number of phenolic OH excluding ortho intramolecular Hbond substituents is 1. The van der Waals surface area contributed by atoms with Gasteiger partial charge in [-0.15, -0.1) is 0 Å². The molecule has 0 spiro atoms. The number of aliphatic hydroxyl groups is 1. The maximum atomic E-state index is 12.9. The summed E-state index contributed by atoms with van der Waals surface area (Å²) >= 11 is 0. The molecular formula is C10H10F2O3. The summed E-state index contributed by atoms with van der Waals surface area (Å²) in [5.74, 6) is -2.54. The van der Waals surface area contributed by atoms with Crippen LogP contribution in [0.3, 0.4) is 0 Å². The molecule has 3 atom stereocenters. The van der Waals surface area contributed by atoms with Crippen LogP contribution in [0.25, 0.3) is 0 Å². The van der Waals surface area contributed by atoms with Gasteiger partial charge >= 0.3 is 0 Å². The van der Waals surface area contributed by atoms with Gasteiger partial charge in [-0.1, -0.05) is 6.07 Å². The number of benzene rings is 1. The third kappa shape index (κ3) is 1.87. The van der Waals surface area contributed by atoms with Crippen molar-refractivity contribution in [3.63, 3.8) is 0 Å². The van der Waals surface area contributed by atoms with E-state index in [2.05, 4.69) is 0 Å². The van der Waals surface area contributed by atoms with E-state index in [-0.39, 0.29) is 11.5 Å². The molecule has 3 nitrogen and oxygen atoms in total. The molecule has 0 heterocycles. The largest absolute Gasteiger partial charge is 0.508 e. The Morgan fingerprint density at radius 3 is 2.73 bits per heavy atom. The molecule has 0 bridgehead atoms. The predicted octanol–water partition coefficient (Wildman–Crippen LogP) is 1.54. The standard InChI is InChI=1S/C10H10F2O3/c11-9-8(5-10(9,12)14)15-7-3-1-2-6(13)4-7/h1-4,8-9,13-14H,5H2/t8-,9-,10+/m1/s1. The zero-order valence-corrected chi connectivity index (χ0v) is 7.73. The molecule has 0 radical (unpaired) electrons. The summed E-state index contributed by atoms with van der Waals surface area (Å²) in [6.45, 7) is 0. The van der Waals surface area contributed by atoms with E-state index in [1.54, 1.807) is 0 Å². The highest BCUT2D eigenvalue weighted by Gasteiger charge is 2.56. The SMILES string of the molecule is Oc1cccc(O[C@@H]2C[C@@](O)(F)[C@@H]2F)c1. The van der Waals surface area contributed by atoms with Gasteiger partial charge in [0.05, 0.1) is 0 Å². The zero-order valence-electron chi connectivity index (χ0n) is 7.73. The van der Waals surface area contributed by atoms with Crippen molar-refractivity contribution in [1.82, 2.24) is 0 Å². The van der Waals surface area contributed by atoms with Crippen molar-refractivity contribution in [3.8, 4) is 11.5 Å². The maximum absolute atomic E-state index is 12.9. The van der Waals surface area contributed by atoms with E-state index in [0.717, 1.165) is 0 Å². The molecule has 1 aliphatic rings. The van der Waals surface area contributed by atoms with E-state index in [1.807, 2.05) is 0 Å². The van der Waals surface area contributed by atoms with Gasteiger partial charge in [0, 0.05) is 12.5 Å². The third-order valence-corrected chi connectivity index (χ3v) is 2.34. The highest BCUT2D eigenvalue weighted by molar-refractivity contribution is 5.32. The summed E-state index contributed by atoms with van der Waals surface area (Å²) in [5.41, 5.74) is 0. The van der Waals surface area contributed by atoms with E-state index < -0.39 is 24.6 Å². The summed E-state index contributed by atoms with van der Waals surface area (Å²) in [4.78, 5) is 0. The first-order valence-electron chi connectivity index (χ1n) is 4.50. The smallest absolute Gasteiger partial charge is 0.245 e. The minimum absolute atomic E-state index is 0.0160. The zero-order chi connectivity index (χ0) is 11.1. The molecule has 1 fully saturated rings. The number of halogens is 2. The molecule has 1 saturated carbocycles. The average Bonchev–Trinajstić information content (AvgIpc) is 2.16. The Morgan fingerprint density at radius 1 is 1.47 bits per heavy atom. The van der Waals surface area contributed by atoms with Gasteiger partial charge in [-0.25, -0.2) is 8.78 Å². The Kier molecular flexibility index (Phi) is 2.26. The van der Waals surface area contributed by atoms with Crippen molar-refractivity contribution in [2.24, 2.45) is 0 Å². The normalized spacial score (nSPS) is 34.6. The van der Waals surface area contributed by atoms with Crippen molar-refractivity contribution in [1.29, 1.82) is 0 Å². The monoisotopic (exact) mass is 216 g/mol. The Morgan fingerprint density at radius 2 is 2.20 bits per heavy atom. The number of ether oxygens (including phenoxy) is 1. The first-order chi connectivity index (χ1) is 6.99. The number of phenols is 1. The van der Waals surface area contributed by atoms with Crippen LogP contribution < -0.4 is 4.74 Å². The summed E-state index contributed by atoms with van der Waals surface area (Å²) in [5, 5.41) is 17.8. The first kappa shape index (κ1) is 10.2. The van der Waals surface area contributed by atoms with E-state index in [1.165, 1.54) is 24.3 Å². The van der Waals surface area contributed by atoms with E-state index in [4.69, 9.17) is 14.9 Å². The summed E-state index contributed by atoms with van der Waals surface area (Å²) in [7, 11) is 0. The Bertz CT molecular complexity index is 367. The number of rotatable bonds is 2. The lowest BCUT2D eigenvalue weighted by Gasteiger charge is -2.40. The summed E-state index contributed by atoms with van der Waals surface area (Å²) in [6, 6.07) is 5.77. The molecule has 1 aromatic rings. The topological polar surface area (TPSA) is 49.7 Å². The lowest BCUT2D eigenvalue weighted by atomic mass is 9.87. The average molecular weight is 216 g/mol. The molecule has 5 heteroatoms. The molecule has 2 N–H and O–H groups in total. The summed E-state index contributed by atoms with van der Waals surface area (Å²) in [6.07, 6.45) is -3.44. The first-order valence-corrected chi connectivity index (χ1v) is 4.50. The quantitative estimate of drug-likeness (QED) is 0.788. The highest BCUT2D eigenvalue weighted by atomic mass is 19.2. The second kappa shape index (κ2) is 3.34. The number of hydrogen-bond acceptors (Lipinski definition) is 3. The molecule has 1 aromatic carbocycles. The van der Waals surface area contributed by atoms with Crippen LogP contribution in [0.5, 0.6) is 11.5 Å². The summed E-state index contributed by atoms with van der Waals surface area (Å²) < 4.78 is 30.7. The van der Waals surface area contributed by atoms with Crippen molar-refractivity contribution in [2.45, 2.75) is 24.6 Å². The van der Waals surface area contributed by atoms with Crippen LogP contribution in [-0.2, 0) is 0 Å². The van der Waals surface area contributed by atoms with E-state index >= 15 is 0 Å². The van der Waals surface area contributed by atoms with Crippen molar-refractivity contribution >= 4 is 0 Å². The lowest BCUT2D eigenvalue weighted by molar-refractivity contribution is -0.247. The molecular weight excluding hydrogens is 206 g/mol. The van der Waals surface area contributed by atoms with Gasteiger partial charge in [0.2, 0.25) is 5.85 Å². The molecule has 2 rings (SSSR count). The fourth-order valence-corrected chi connectivity index (χ4v) is 1.46. The second-order valence-electron chi connectivity index (χ2n) is 3.58. The van der Waals surface area contributed by atoms with E-state index in [9.17, 15) is 8.78 Å². The van der Waals surface area contributed by atoms with Crippen molar-refractivity contribution in [2.75, 3.05) is 0 Å². The Balaban J connectivity index is 2.00. The minimum atomic E-state index is -2.78. The number of alkyl halides is 2. The number of aromatic hydroxyl groups is 1. The Labute approximate surface area is 84.9 Å². The molecule has 1 aliphatic carbocycles. The number of hydrogen-bond donors (Lipinski definition) is 2. The van der Waals surface area contributed by atoms with Gasteiger partial charge in [-0.05, 0) is 12.1 Å². The van der Waals surface area contributed by atoms with Gasteiger partial charge < -0.3 is 14.9 Å². The lowest BCUT2D eigenvalue weighted by Crippen LogP contribution is -2.58. The second-order valence-corrected chi connectivity index (χ2v) is 3.58. The molecule has 0 aliphatic heterocycles. The van der Waals surface area contributed by atoms with Gasteiger partial charge in [0.15, 0.2) is 6.17 Å². The fourth-order valence-electron chi connectivity index (χ4n) is 1.46. The van der Waals surface area contributed by atoms with Gasteiger partial charge in [-0.3, -0.25) is 0 Å². The van der Waals surface area contributed by atoms with Crippen LogP contribution >= 0.6 is 0 Å². The molecule has 0 saturated heterocycles. The van der Waals surface area contributed by atoms with Gasteiger partial charge in [-0.2, -0.15) is 0 Å². The van der Waals surface area contributed by atoms with Gasteiger partial charge in [0.1, 0.15) is 17.6 Å².